The average molecular weight is 471 g/mol. The van der Waals surface area contributed by atoms with Crippen LogP contribution in [0.3, 0.4) is 0 Å². The third-order valence-electron chi connectivity index (χ3n) is 5.63. The maximum Gasteiger partial charge on any atom is 0.282 e. The first-order valence-corrected chi connectivity index (χ1v) is 11.1. The van der Waals surface area contributed by atoms with Crippen LogP contribution in [0.15, 0.2) is 50.8 Å². The van der Waals surface area contributed by atoms with Crippen LogP contribution < -0.4 is 10.5 Å². The molecule has 1 aliphatic rings. The molecule has 156 valence electrons. The van der Waals surface area contributed by atoms with Gasteiger partial charge in [-0.3, -0.25) is 4.79 Å². The Morgan fingerprint density at radius 3 is 2.70 bits per heavy atom. The van der Waals surface area contributed by atoms with Crippen molar-refractivity contribution >= 4 is 38.7 Å². The van der Waals surface area contributed by atoms with Gasteiger partial charge in [0.1, 0.15) is 11.6 Å². The van der Waals surface area contributed by atoms with Gasteiger partial charge in [0.2, 0.25) is 0 Å². The summed E-state index contributed by atoms with van der Waals surface area (Å²) in [6, 6.07) is 10.5. The van der Waals surface area contributed by atoms with Crippen molar-refractivity contribution in [2.75, 3.05) is 18.0 Å². The van der Waals surface area contributed by atoms with E-state index in [1.54, 1.807) is 12.1 Å². The first-order valence-electron chi connectivity index (χ1n) is 10.3. The fourth-order valence-corrected chi connectivity index (χ4v) is 4.08. The van der Waals surface area contributed by atoms with E-state index in [-0.39, 0.29) is 17.3 Å². The van der Waals surface area contributed by atoms with Crippen molar-refractivity contribution in [3.05, 3.63) is 68.4 Å². The van der Waals surface area contributed by atoms with Gasteiger partial charge in [0.25, 0.3) is 5.56 Å². The summed E-state index contributed by atoms with van der Waals surface area (Å²) in [5.41, 5.74) is 1.64. The molecule has 0 spiro atoms. The average Bonchev–Trinajstić information content (AvgIpc) is 3.27. The van der Waals surface area contributed by atoms with E-state index in [4.69, 9.17) is 4.98 Å². The standard InChI is InChI=1S/C23H24BrFN4O/c1-3-15(2)22-27-20-8-7-17(24)13-18(20)23(30)29(22)26-14-16-6-9-21(19(25)12-16)28-10-4-5-11-28/h6-9,12-15H,3-5,10-11H2,1-2H3/t15-/m0/s1. The molecule has 0 aliphatic carbocycles. The van der Waals surface area contributed by atoms with Gasteiger partial charge in [0, 0.05) is 23.5 Å². The second-order valence-corrected chi connectivity index (χ2v) is 8.62. The van der Waals surface area contributed by atoms with Crippen LogP contribution in [0.25, 0.3) is 10.9 Å². The van der Waals surface area contributed by atoms with Crippen molar-refractivity contribution in [2.24, 2.45) is 5.10 Å². The van der Waals surface area contributed by atoms with Gasteiger partial charge in [-0.15, -0.1) is 0 Å². The van der Waals surface area contributed by atoms with Crippen LogP contribution in [0.4, 0.5) is 10.1 Å². The number of halogens is 2. The molecule has 0 N–H and O–H groups in total. The molecule has 1 aliphatic heterocycles. The van der Waals surface area contributed by atoms with E-state index in [2.05, 4.69) is 25.9 Å². The second kappa shape index (κ2) is 8.68. The molecule has 0 saturated carbocycles. The molecular weight excluding hydrogens is 447 g/mol. The van der Waals surface area contributed by atoms with Gasteiger partial charge in [-0.2, -0.15) is 9.78 Å². The quantitative estimate of drug-likeness (QED) is 0.475. The minimum absolute atomic E-state index is 0.0529. The number of hydrogen-bond acceptors (Lipinski definition) is 4. The van der Waals surface area contributed by atoms with Gasteiger partial charge in [-0.25, -0.2) is 9.37 Å². The lowest BCUT2D eigenvalue weighted by atomic mass is 10.1. The smallest absolute Gasteiger partial charge is 0.282 e. The van der Waals surface area contributed by atoms with Crippen LogP contribution in [-0.4, -0.2) is 29.0 Å². The zero-order chi connectivity index (χ0) is 21.3. The van der Waals surface area contributed by atoms with Crippen LogP contribution >= 0.6 is 15.9 Å². The summed E-state index contributed by atoms with van der Waals surface area (Å²) in [4.78, 5) is 19.9. The molecule has 0 amide bonds. The molecule has 7 heteroatoms. The fraction of sp³-hybridized carbons (Fsp3) is 0.348. The minimum Gasteiger partial charge on any atom is -0.369 e. The lowest BCUT2D eigenvalue weighted by Gasteiger charge is -2.18. The van der Waals surface area contributed by atoms with Crippen LogP contribution in [0.2, 0.25) is 0 Å². The Kier molecular flexibility index (Phi) is 5.99. The summed E-state index contributed by atoms with van der Waals surface area (Å²) in [5.74, 6) is 0.385. The number of fused-ring (bicyclic) bond motifs is 1. The Bertz CT molecular complexity index is 1170. The zero-order valence-electron chi connectivity index (χ0n) is 17.1. The number of benzene rings is 2. The molecule has 2 heterocycles. The highest BCUT2D eigenvalue weighted by Gasteiger charge is 2.17. The molecule has 0 unspecified atom stereocenters. The van der Waals surface area contributed by atoms with Gasteiger partial charge < -0.3 is 4.90 Å². The van der Waals surface area contributed by atoms with Crippen LogP contribution in [0.5, 0.6) is 0 Å². The van der Waals surface area contributed by atoms with Crippen LogP contribution in [0, 0.1) is 5.82 Å². The lowest BCUT2D eigenvalue weighted by molar-refractivity contribution is 0.613. The SMILES string of the molecule is CC[C@H](C)c1nc2ccc(Br)cc2c(=O)n1N=Cc1ccc(N2CCCC2)c(F)c1. The first kappa shape index (κ1) is 20.7. The van der Waals surface area contributed by atoms with Crippen molar-refractivity contribution in [3.8, 4) is 0 Å². The van der Waals surface area contributed by atoms with Gasteiger partial charge >= 0.3 is 0 Å². The summed E-state index contributed by atoms with van der Waals surface area (Å²) in [6.07, 6.45) is 4.53. The molecule has 3 aromatic rings. The Balaban J connectivity index is 1.75. The second-order valence-electron chi connectivity index (χ2n) is 7.71. The Morgan fingerprint density at radius 1 is 1.23 bits per heavy atom. The fourth-order valence-electron chi connectivity index (χ4n) is 3.72. The molecule has 4 rings (SSSR count). The zero-order valence-corrected chi connectivity index (χ0v) is 18.7. The predicted octanol–water partition coefficient (Wildman–Crippen LogP) is 5.29. The molecule has 1 saturated heterocycles. The van der Waals surface area contributed by atoms with Crippen LogP contribution in [0.1, 0.15) is 50.4 Å². The molecule has 1 aromatic heterocycles. The molecule has 5 nitrogen and oxygen atoms in total. The Hall–Kier alpha value is -2.54. The lowest BCUT2D eigenvalue weighted by Crippen LogP contribution is -2.23. The Labute approximate surface area is 183 Å². The molecule has 2 aromatic carbocycles. The number of hydrogen-bond donors (Lipinski definition) is 0. The summed E-state index contributed by atoms with van der Waals surface area (Å²) in [7, 11) is 0. The molecule has 0 radical (unpaired) electrons. The summed E-state index contributed by atoms with van der Waals surface area (Å²) >= 11 is 3.41. The molecule has 1 fully saturated rings. The van der Waals surface area contributed by atoms with Crippen molar-refractivity contribution < 1.29 is 4.39 Å². The molecular formula is C23H24BrFN4O. The molecule has 0 bridgehead atoms. The molecule has 1 atom stereocenters. The largest absolute Gasteiger partial charge is 0.369 e. The highest BCUT2D eigenvalue weighted by atomic mass is 79.9. The van der Waals surface area contributed by atoms with E-state index in [1.807, 2.05) is 32.0 Å². The minimum atomic E-state index is -0.268. The first-order chi connectivity index (χ1) is 14.5. The third-order valence-corrected chi connectivity index (χ3v) is 6.12. The van der Waals surface area contributed by atoms with Crippen molar-refractivity contribution in [2.45, 2.75) is 39.0 Å². The highest BCUT2D eigenvalue weighted by molar-refractivity contribution is 9.10. The molecule has 30 heavy (non-hydrogen) atoms. The number of anilines is 1. The van der Waals surface area contributed by atoms with E-state index in [1.165, 1.54) is 17.0 Å². The van der Waals surface area contributed by atoms with Gasteiger partial charge in [0.15, 0.2) is 0 Å². The topological polar surface area (TPSA) is 50.5 Å². The summed E-state index contributed by atoms with van der Waals surface area (Å²) in [6.45, 7) is 5.83. The van der Waals surface area contributed by atoms with E-state index in [0.29, 0.717) is 28.0 Å². The van der Waals surface area contributed by atoms with Crippen molar-refractivity contribution in [1.82, 2.24) is 9.66 Å². The monoisotopic (exact) mass is 470 g/mol. The van der Waals surface area contributed by atoms with Gasteiger partial charge in [0.05, 0.1) is 22.8 Å². The number of aromatic nitrogens is 2. The van der Waals surface area contributed by atoms with E-state index in [9.17, 15) is 9.18 Å². The Morgan fingerprint density at radius 2 is 2.00 bits per heavy atom. The number of rotatable bonds is 5. The number of nitrogens with zero attached hydrogens (tertiary/aromatic N) is 4. The van der Waals surface area contributed by atoms with Crippen LogP contribution in [-0.2, 0) is 0 Å². The highest BCUT2D eigenvalue weighted by Crippen LogP contribution is 2.24. The third kappa shape index (κ3) is 4.03. The predicted molar refractivity (Wildman–Crippen MR) is 123 cm³/mol. The van der Waals surface area contributed by atoms with Gasteiger partial charge in [-0.1, -0.05) is 35.8 Å². The van der Waals surface area contributed by atoms with Crippen molar-refractivity contribution in [1.29, 1.82) is 0 Å². The summed E-state index contributed by atoms with van der Waals surface area (Å²) < 4.78 is 16.8. The van der Waals surface area contributed by atoms with Crippen molar-refractivity contribution in [3.63, 3.8) is 0 Å². The van der Waals surface area contributed by atoms with E-state index in [0.717, 1.165) is 36.8 Å². The maximum atomic E-state index is 14.6. The van der Waals surface area contributed by atoms with E-state index >= 15 is 0 Å². The van der Waals surface area contributed by atoms with E-state index < -0.39 is 0 Å². The maximum absolute atomic E-state index is 14.6. The van der Waals surface area contributed by atoms with Gasteiger partial charge in [-0.05, 0) is 55.2 Å². The normalized spacial score (nSPS) is 15.4. The summed E-state index contributed by atoms with van der Waals surface area (Å²) in [5, 5.41) is 4.90.